The SMILES string of the molecule is CNCc1cccc(Cl)c1OCc1ccc(C(C)C)cc1. The largest absolute Gasteiger partial charge is 0.487 e. The molecule has 0 aliphatic carbocycles. The Bertz CT molecular complexity index is 578. The molecule has 0 saturated carbocycles. The molecule has 112 valence electrons. The smallest absolute Gasteiger partial charge is 0.142 e. The second-order valence-electron chi connectivity index (χ2n) is 5.44. The second-order valence-corrected chi connectivity index (χ2v) is 5.85. The molecule has 21 heavy (non-hydrogen) atoms. The third-order valence-corrected chi connectivity index (χ3v) is 3.74. The van der Waals surface area contributed by atoms with E-state index in [1.165, 1.54) is 5.56 Å². The molecule has 0 saturated heterocycles. The predicted molar refractivity (Wildman–Crippen MR) is 89.1 cm³/mol. The molecule has 2 aromatic carbocycles. The van der Waals surface area contributed by atoms with Crippen LogP contribution in [0.4, 0.5) is 0 Å². The van der Waals surface area contributed by atoms with Gasteiger partial charge in [-0.1, -0.05) is 61.8 Å². The number of para-hydroxylation sites is 1. The number of rotatable bonds is 6. The third-order valence-electron chi connectivity index (χ3n) is 3.45. The normalized spacial score (nSPS) is 10.9. The Morgan fingerprint density at radius 2 is 1.81 bits per heavy atom. The average Bonchev–Trinajstić information content (AvgIpc) is 2.47. The van der Waals surface area contributed by atoms with Crippen molar-refractivity contribution in [2.24, 2.45) is 0 Å². The Morgan fingerprint density at radius 1 is 1.10 bits per heavy atom. The summed E-state index contributed by atoms with van der Waals surface area (Å²) in [6.07, 6.45) is 0. The van der Waals surface area contributed by atoms with Gasteiger partial charge < -0.3 is 10.1 Å². The maximum absolute atomic E-state index is 6.25. The second kappa shape index (κ2) is 7.48. The number of nitrogens with one attached hydrogen (secondary N) is 1. The summed E-state index contributed by atoms with van der Waals surface area (Å²) in [6, 6.07) is 14.4. The first-order valence-corrected chi connectivity index (χ1v) is 7.63. The van der Waals surface area contributed by atoms with Gasteiger partial charge in [0.2, 0.25) is 0 Å². The Hall–Kier alpha value is -1.51. The molecule has 1 N–H and O–H groups in total. The lowest BCUT2D eigenvalue weighted by molar-refractivity contribution is 0.302. The van der Waals surface area contributed by atoms with Crippen LogP contribution in [0.2, 0.25) is 5.02 Å². The van der Waals surface area contributed by atoms with Crippen molar-refractivity contribution in [2.45, 2.75) is 32.9 Å². The van der Waals surface area contributed by atoms with Crippen LogP contribution < -0.4 is 10.1 Å². The molecule has 0 fully saturated rings. The molecule has 0 heterocycles. The summed E-state index contributed by atoms with van der Waals surface area (Å²) < 4.78 is 5.93. The van der Waals surface area contributed by atoms with E-state index in [1.54, 1.807) is 0 Å². The van der Waals surface area contributed by atoms with Crippen molar-refractivity contribution in [1.82, 2.24) is 5.32 Å². The summed E-state index contributed by atoms with van der Waals surface area (Å²) in [4.78, 5) is 0. The van der Waals surface area contributed by atoms with Crippen LogP contribution in [0.3, 0.4) is 0 Å². The highest BCUT2D eigenvalue weighted by atomic mass is 35.5. The summed E-state index contributed by atoms with van der Waals surface area (Å²) in [5, 5.41) is 3.79. The lowest BCUT2D eigenvalue weighted by Crippen LogP contribution is -2.08. The molecule has 0 aliphatic heterocycles. The van der Waals surface area contributed by atoms with E-state index in [9.17, 15) is 0 Å². The first-order chi connectivity index (χ1) is 10.1. The average molecular weight is 304 g/mol. The Balaban J connectivity index is 2.09. The van der Waals surface area contributed by atoms with Gasteiger partial charge in [-0.3, -0.25) is 0 Å². The van der Waals surface area contributed by atoms with Gasteiger partial charge >= 0.3 is 0 Å². The van der Waals surface area contributed by atoms with Crippen molar-refractivity contribution >= 4 is 11.6 Å². The van der Waals surface area contributed by atoms with Crippen LogP contribution in [0.5, 0.6) is 5.75 Å². The van der Waals surface area contributed by atoms with E-state index < -0.39 is 0 Å². The van der Waals surface area contributed by atoms with E-state index in [4.69, 9.17) is 16.3 Å². The van der Waals surface area contributed by atoms with E-state index in [0.717, 1.165) is 23.4 Å². The van der Waals surface area contributed by atoms with E-state index in [-0.39, 0.29) is 0 Å². The zero-order chi connectivity index (χ0) is 15.2. The van der Waals surface area contributed by atoms with Crippen LogP contribution in [-0.4, -0.2) is 7.05 Å². The van der Waals surface area contributed by atoms with Crippen LogP contribution in [-0.2, 0) is 13.2 Å². The van der Waals surface area contributed by atoms with Crippen LogP contribution in [0, 0.1) is 0 Å². The number of hydrogen-bond donors (Lipinski definition) is 1. The van der Waals surface area contributed by atoms with Crippen molar-refractivity contribution in [2.75, 3.05) is 7.05 Å². The molecular weight excluding hydrogens is 282 g/mol. The summed E-state index contributed by atoms with van der Waals surface area (Å²) in [5.41, 5.74) is 3.56. The molecule has 0 amide bonds. The molecular formula is C18H22ClNO. The van der Waals surface area contributed by atoms with Gasteiger partial charge in [0, 0.05) is 12.1 Å². The van der Waals surface area contributed by atoms with Crippen molar-refractivity contribution in [3.05, 3.63) is 64.2 Å². The fourth-order valence-electron chi connectivity index (χ4n) is 2.20. The fraction of sp³-hybridized carbons (Fsp3) is 0.333. The lowest BCUT2D eigenvalue weighted by Gasteiger charge is -2.13. The molecule has 0 atom stereocenters. The highest BCUT2D eigenvalue weighted by Gasteiger charge is 2.08. The summed E-state index contributed by atoms with van der Waals surface area (Å²) in [7, 11) is 1.91. The van der Waals surface area contributed by atoms with E-state index in [1.807, 2.05) is 25.2 Å². The van der Waals surface area contributed by atoms with Crippen LogP contribution in [0.15, 0.2) is 42.5 Å². The number of ether oxygens (including phenoxy) is 1. The molecule has 3 heteroatoms. The zero-order valence-corrected chi connectivity index (χ0v) is 13.6. The van der Waals surface area contributed by atoms with Gasteiger partial charge in [-0.05, 0) is 30.2 Å². The van der Waals surface area contributed by atoms with Gasteiger partial charge in [-0.2, -0.15) is 0 Å². The van der Waals surface area contributed by atoms with Gasteiger partial charge in [-0.25, -0.2) is 0 Å². The molecule has 0 spiro atoms. The molecule has 0 radical (unpaired) electrons. The third kappa shape index (κ3) is 4.23. The molecule has 0 unspecified atom stereocenters. The number of halogens is 1. The molecule has 2 rings (SSSR count). The molecule has 2 aromatic rings. The fourth-order valence-corrected chi connectivity index (χ4v) is 2.45. The summed E-state index contributed by atoms with van der Waals surface area (Å²) in [5.74, 6) is 1.31. The minimum atomic E-state index is 0.527. The van der Waals surface area contributed by atoms with Crippen LogP contribution in [0.25, 0.3) is 0 Å². The van der Waals surface area contributed by atoms with Crippen molar-refractivity contribution in [1.29, 1.82) is 0 Å². The molecule has 0 aliphatic rings. The quantitative estimate of drug-likeness (QED) is 0.830. The van der Waals surface area contributed by atoms with Gasteiger partial charge in [-0.15, -0.1) is 0 Å². The van der Waals surface area contributed by atoms with Crippen LogP contribution in [0.1, 0.15) is 36.5 Å². The number of benzene rings is 2. The van der Waals surface area contributed by atoms with Gasteiger partial charge in [0.25, 0.3) is 0 Å². The Kier molecular flexibility index (Phi) is 5.66. The van der Waals surface area contributed by atoms with Crippen molar-refractivity contribution in [3.8, 4) is 5.75 Å². The standard InChI is InChI=1S/C18H22ClNO/c1-13(2)15-9-7-14(8-10-15)12-21-18-16(11-20-3)5-4-6-17(18)19/h4-10,13,20H,11-12H2,1-3H3. The zero-order valence-electron chi connectivity index (χ0n) is 12.8. The first kappa shape index (κ1) is 15.9. The molecule has 0 bridgehead atoms. The van der Waals surface area contributed by atoms with Crippen molar-refractivity contribution < 1.29 is 4.74 Å². The topological polar surface area (TPSA) is 21.3 Å². The Labute approximate surface area is 132 Å². The lowest BCUT2D eigenvalue weighted by atomic mass is 10.0. The summed E-state index contributed by atoms with van der Waals surface area (Å²) in [6.45, 7) is 5.65. The Morgan fingerprint density at radius 3 is 2.43 bits per heavy atom. The molecule has 2 nitrogen and oxygen atoms in total. The summed E-state index contributed by atoms with van der Waals surface area (Å²) >= 11 is 6.25. The monoisotopic (exact) mass is 303 g/mol. The van der Waals surface area contributed by atoms with Crippen LogP contribution >= 0.6 is 11.6 Å². The van der Waals surface area contributed by atoms with Gasteiger partial charge in [0.15, 0.2) is 0 Å². The minimum absolute atomic E-state index is 0.527. The maximum atomic E-state index is 6.25. The number of hydrogen-bond acceptors (Lipinski definition) is 2. The highest BCUT2D eigenvalue weighted by Crippen LogP contribution is 2.29. The maximum Gasteiger partial charge on any atom is 0.142 e. The van der Waals surface area contributed by atoms with Crippen molar-refractivity contribution in [3.63, 3.8) is 0 Å². The molecule has 0 aromatic heterocycles. The van der Waals surface area contributed by atoms with E-state index in [2.05, 4.69) is 43.4 Å². The highest BCUT2D eigenvalue weighted by molar-refractivity contribution is 6.32. The minimum Gasteiger partial charge on any atom is -0.487 e. The van der Waals surface area contributed by atoms with E-state index >= 15 is 0 Å². The van der Waals surface area contributed by atoms with Gasteiger partial charge in [0.1, 0.15) is 12.4 Å². The van der Waals surface area contributed by atoms with Gasteiger partial charge in [0.05, 0.1) is 5.02 Å². The first-order valence-electron chi connectivity index (χ1n) is 7.25. The predicted octanol–water partition coefficient (Wildman–Crippen LogP) is 4.76. The van der Waals surface area contributed by atoms with E-state index in [0.29, 0.717) is 17.5 Å².